The van der Waals surface area contributed by atoms with Gasteiger partial charge in [0.2, 0.25) is 0 Å². The van der Waals surface area contributed by atoms with E-state index < -0.39 is 41.8 Å². The predicted octanol–water partition coefficient (Wildman–Crippen LogP) is 5.97. The molecule has 2 rings (SSSR count). The molecule has 0 aromatic carbocycles. The summed E-state index contributed by atoms with van der Waals surface area (Å²) in [4.78, 5) is 0. The maximum absolute atomic E-state index is 13.0. The van der Waals surface area contributed by atoms with Gasteiger partial charge in [0, 0.05) is 0 Å². The summed E-state index contributed by atoms with van der Waals surface area (Å²) in [6, 6.07) is 0. The van der Waals surface area contributed by atoms with Crippen LogP contribution in [0.15, 0.2) is 23.3 Å². The molecule has 1 nitrogen and oxygen atoms in total. The first-order chi connectivity index (χ1) is 12.0. The molecule has 2 aliphatic rings. The Kier molecular flexibility index (Phi) is 6.17. The Balaban J connectivity index is 2.14. The number of halogens is 6. The van der Waals surface area contributed by atoms with E-state index in [1.165, 1.54) is 6.92 Å². The summed E-state index contributed by atoms with van der Waals surface area (Å²) >= 11 is 0. The van der Waals surface area contributed by atoms with Crippen LogP contribution in [0, 0.1) is 23.7 Å². The van der Waals surface area contributed by atoms with Crippen LogP contribution in [0.25, 0.3) is 0 Å². The van der Waals surface area contributed by atoms with Crippen LogP contribution in [-0.4, -0.2) is 25.1 Å². The third kappa shape index (κ3) is 5.06. The molecule has 0 aromatic rings. The highest BCUT2D eigenvalue weighted by molar-refractivity contribution is 5.35. The highest BCUT2D eigenvalue weighted by Crippen LogP contribution is 2.42. The van der Waals surface area contributed by atoms with Crippen LogP contribution in [-0.2, 0) is 4.74 Å². The van der Waals surface area contributed by atoms with Gasteiger partial charge >= 0.3 is 12.4 Å². The van der Waals surface area contributed by atoms with Gasteiger partial charge in [-0.25, -0.2) is 0 Å². The van der Waals surface area contributed by atoms with E-state index in [1.54, 1.807) is 0 Å². The topological polar surface area (TPSA) is 9.23 Å². The minimum Gasteiger partial charge on any atom is -0.373 e. The van der Waals surface area contributed by atoms with Gasteiger partial charge in [0.05, 0.1) is 29.6 Å². The van der Waals surface area contributed by atoms with Crippen molar-refractivity contribution in [2.24, 2.45) is 11.3 Å². The molecule has 0 heterocycles. The molecule has 1 saturated carbocycles. The first-order valence-electron chi connectivity index (χ1n) is 8.62. The fourth-order valence-electron chi connectivity index (χ4n) is 3.46. The lowest BCUT2D eigenvalue weighted by atomic mass is 9.75. The molecule has 26 heavy (non-hydrogen) atoms. The fourth-order valence-corrected chi connectivity index (χ4v) is 3.46. The Morgan fingerprint density at radius 1 is 1.19 bits per heavy atom. The van der Waals surface area contributed by atoms with E-state index >= 15 is 0 Å². The Morgan fingerprint density at radius 3 is 2.31 bits per heavy atom. The van der Waals surface area contributed by atoms with Crippen molar-refractivity contribution < 1.29 is 31.1 Å². The molecule has 1 fully saturated rings. The molecule has 0 aromatic heterocycles. The molecular formula is C19H22F6O. The van der Waals surface area contributed by atoms with E-state index in [0.717, 1.165) is 38.2 Å². The largest absolute Gasteiger partial charge is 0.416 e. The number of ether oxygens (including phenoxy) is 1. The first-order valence-corrected chi connectivity index (χ1v) is 8.62. The molecule has 0 spiro atoms. The molecule has 0 aliphatic heterocycles. The maximum Gasteiger partial charge on any atom is 0.416 e. The van der Waals surface area contributed by atoms with Crippen molar-refractivity contribution in [1.82, 2.24) is 0 Å². The Morgan fingerprint density at radius 2 is 1.81 bits per heavy atom. The van der Waals surface area contributed by atoms with Crippen LogP contribution in [0.3, 0.4) is 0 Å². The van der Waals surface area contributed by atoms with Crippen molar-refractivity contribution in [3.63, 3.8) is 0 Å². The van der Waals surface area contributed by atoms with Crippen LogP contribution in [0.2, 0.25) is 0 Å². The SMILES string of the molecule is C#CC1(COC(C)C2=CC(C(F)(F)F)=CC(C(F)(F)F)C2)CCCCC1. The van der Waals surface area contributed by atoms with Gasteiger partial charge < -0.3 is 4.74 Å². The third-order valence-electron chi connectivity index (χ3n) is 5.17. The second kappa shape index (κ2) is 7.67. The summed E-state index contributed by atoms with van der Waals surface area (Å²) < 4.78 is 83.7. The van der Waals surface area contributed by atoms with E-state index in [9.17, 15) is 26.3 Å². The Labute approximate surface area is 149 Å². The zero-order valence-corrected chi connectivity index (χ0v) is 14.5. The zero-order valence-electron chi connectivity index (χ0n) is 14.5. The van der Waals surface area contributed by atoms with Crippen LogP contribution in [0.4, 0.5) is 26.3 Å². The standard InChI is InChI=1S/C19H22F6O/c1-3-17(7-5-4-6-8-17)12-26-13(2)14-9-15(18(20,21)22)11-16(10-14)19(23,24)25/h1,9,11,13,16H,4-8,10,12H2,2H3. The van der Waals surface area contributed by atoms with Crippen LogP contribution >= 0.6 is 0 Å². The molecule has 2 atom stereocenters. The number of terminal acetylenes is 1. The maximum atomic E-state index is 13.0. The van der Waals surface area contributed by atoms with Crippen molar-refractivity contribution in [3.05, 3.63) is 23.3 Å². The molecule has 146 valence electrons. The van der Waals surface area contributed by atoms with Crippen molar-refractivity contribution in [1.29, 1.82) is 0 Å². The average molecular weight is 380 g/mol. The molecular weight excluding hydrogens is 358 g/mol. The predicted molar refractivity (Wildman–Crippen MR) is 86.1 cm³/mol. The van der Waals surface area contributed by atoms with Gasteiger partial charge in [-0.2, -0.15) is 26.3 Å². The van der Waals surface area contributed by atoms with Gasteiger partial charge in [-0.15, -0.1) is 6.42 Å². The first kappa shape index (κ1) is 20.9. The second-order valence-electron chi connectivity index (χ2n) is 7.13. The lowest BCUT2D eigenvalue weighted by Crippen LogP contribution is -2.32. The average Bonchev–Trinajstić information content (AvgIpc) is 2.58. The summed E-state index contributed by atoms with van der Waals surface area (Å²) in [5.74, 6) is 0.561. The minimum atomic E-state index is -4.84. The number of rotatable bonds is 4. The number of allylic oxidation sites excluding steroid dienone is 3. The molecule has 0 bridgehead atoms. The molecule has 0 saturated heterocycles. The van der Waals surface area contributed by atoms with Gasteiger partial charge in [0.25, 0.3) is 0 Å². The number of hydrogen-bond acceptors (Lipinski definition) is 1. The van der Waals surface area contributed by atoms with Gasteiger partial charge in [-0.1, -0.05) is 31.3 Å². The summed E-state index contributed by atoms with van der Waals surface area (Å²) in [7, 11) is 0. The molecule has 7 heteroatoms. The minimum absolute atomic E-state index is 0.00914. The summed E-state index contributed by atoms with van der Waals surface area (Å²) in [6.07, 6.45) is 0.140. The lowest BCUT2D eigenvalue weighted by Gasteiger charge is -2.34. The summed E-state index contributed by atoms with van der Waals surface area (Å²) in [6.45, 7) is 1.62. The summed E-state index contributed by atoms with van der Waals surface area (Å²) in [5, 5.41) is 0. The Hall–Kier alpha value is -1.42. The number of alkyl halides is 6. The van der Waals surface area contributed by atoms with E-state index in [0.29, 0.717) is 0 Å². The van der Waals surface area contributed by atoms with E-state index in [1.807, 2.05) is 0 Å². The molecule has 0 amide bonds. The van der Waals surface area contributed by atoms with Crippen molar-refractivity contribution in [3.8, 4) is 12.3 Å². The van der Waals surface area contributed by atoms with Crippen LogP contribution in [0.5, 0.6) is 0 Å². The second-order valence-corrected chi connectivity index (χ2v) is 7.13. The van der Waals surface area contributed by atoms with Crippen LogP contribution < -0.4 is 0 Å². The van der Waals surface area contributed by atoms with E-state index in [2.05, 4.69) is 5.92 Å². The normalized spacial score (nSPS) is 25.1. The highest BCUT2D eigenvalue weighted by atomic mass is 19.4. The highest BCUT2D eigenvalue weighted by Gasteiger charge is 2.44. The van der Waals surface area contributed by atoms with Gasteiger partial charge in [-0.3, -0.25) is 0 Å². The Bertz CT molecular complexity index is 599. The smallest absolute Gasteiger partial charge is 0.373 e. The third-order valence-corrected chi connectivity index (χ3v) is 5.17. The van der Waals surface area contributed by atoms with Gasteiger partial charge in [0.15, 0.2) is 0 Å². The molecule has 0 radical (unpaired) electrons. The van der Waals surface area contributed by atoms with Crippen molar-refractivity contribution in [2.75, 3.05) is 6.61 Å². The van der Waals surface area contributed by atoms with Crippen molar-refractivity contribution >= 4 is 0 Å². The van der Waals surface area contributed by atoms with Crippen molar-refractivity contribution in [2.45, 2.75) is 63.9 Å². The van der Waals surface area contributed by atoms with E-state index in [-0.39, 0.29) is 18.3 Å². The van der Waals surface area contributed by atoms with Crippen LogP contribution in [0.1, 0.15) is 45.4 Å². The van der Waals surface area contributed by atoms with Gasteiger partial charge in [0.1, 0.15) is 0 Å². The zero-order chi connectivity index (χ0) is 19.6. The van der Waals surface area contributed by atoms with E-state index in [4.69, 9.17) is 11.2 Å². The quantitative estimate of drug-likeness (QED) is 0.431. The van der Waals surface area contributed by atoms with Gasteiger partial charge in [-0.05, 0) is 37.8 Å². The summed E-state index contributed by atoms with van der Waals surface area (Å²) in [5.41, 5.74) is -1.76. The fraction of sp³-hybridized carbons (Fsp3) is 0.684. The molecule has 2 aliphatic carbocycles. The molecule has 0 N–H and O–H groups in total. The monoisotopic (exact) mass is 380 g/mol. The number of hydrogen-bond donors (Lipinski definition) is 0. The molecule has 2 unspecified atom stereocenters. The lowest BCUT2D eigenvalue weighted by molar-refractivity contribution is -0.163.